The van der Waals surface area contributed by atoms with Crippen molar-refractivity contribution in [3.8, 4) is 0 Å². The number of rotatable bonds is 1. The molecule has 1 aliphatic heterocycles. The summed E-state index contributed by atoms with van der Waals surface area (Å²) in [5.74, 6) is -0.0757. The normalized spacial score (nSPS) is 20.9. The Kier molecular flexibility index (Phi) is 3.41. The molecule has 1 atom stereocenters. The van der Waals surface area contributed by atoms with E-state index < -0.39 is 0 Å². The van der Waals surface area contributed by atoms with Crippen molar-refractivity contribution in [2.75, 3.05) is 19.7 Å². The summed E-state index contributed by atoms with van der Waals surface area (Å²) < 4.78 is 5.38. The van der Waals surface area contributed by atoms with Gasteiger partial charge in [-0.25, -0.2) is 4.98 Å². The van der Waals surface area contributed by atoms with Crippen LogP contribution in [0.25, 0.3) is 0 Å². The van der Waals surface area contributed by atoms with Gasteiger partial charge in [-0.15, -0.1) is 0 Å². The highest BCUT2D eigenvalue weighted by atomic mass is 35.5. The van der Waals surface area contributed by atoms with Crippen molar-refractivity contribution in [1.29, 1.82) is 0 Å². The number of carbonyl (C=O) groups is 1. The maximum Gasteiger partial charge on any atom is 0.257 e. The minimum Gasteiger partial charge on any atom is -0.375 e. The van der Waals surface area contributed by atoms with Crippen molar-refractivity contribution in [3.05, 3.63) is 29.0 Å². The Morgan fingerprint density at radius 1 is 1.69 bits per heavy atom. The molecule has 0 saturated carbocycles. The van der Waals surface area contributed by atoms with Gasteiger partial charge < -0.3 is 9.64 Å². The third-order valence-electron chi connectivity index (χ3n) is 2.52. The van der Waals surface area contributed by atoms with E-state index in [9.17, 15) is 4.79 Å². The van der Waals surface area contributed by atoms with E-state index in [2.05, 4.69) is 4.98 Å². The van der Waals surface area contributed by atoms with Gasteiger partial charge in [-0.2, -0.15) is 0 Å². The molecule has 0 N–H and O–H groups in total. The molecule has 1 fully saturated rings. The number of amides is 1. The van der Waals surface area contributed by atoms with Gasteiger partial charge >= 0.3 is 0 Å². The highest BCUT2D eigenvalue weighted by Gasteiger charge is 2.23. The van der Waals surface area contributed by atoms with Gasteiger partial charge in [0.05, 0.1) is 18.3 Å². The number of hydrogen-bond acceptors (Lipinski definition) is 3. The second-order valence-corrected chi connectivity index (χ2v) is 4.13. The van der Waals surface area contributed by atoms with Crippen LogP contribution in [0.1, 0.15) is 17.3 Å². The standard InChI is InChI=1S/C11H13ClN2O2/c1-8-7-14(5-6-16-8)11(15)9-3-2-4-13-10(9)12/h2-4,8H,5-7H2,1H3. The second kappa shape index (κ2) is 4.80. The largest absolute Gasteiger partial charge is 0.375 e. The summed E-state index contributed by atoms with van der Waals surface area (Å²) >= 11 is 5.88. The zero-order chi connectivity index (χ0) is 11.5. The lowest BCUT2D eigenvalue weighted by Gasteiger charge is -2.31. The third-order valence-corrected chi connectivity index (χ3v) is 2.82. The summed E-state index contributed by atoms with van der Waals surface area (Å²) in [4.78, 5) is 17.8. The molecule has 1 saturated heterocycles. The van der Waals surface area contributed by atoms with Crippen molar-refractivity contribution in [1.82, 2.24) is 9.88 Å². The number of carbonyl (C=O) groups excluding carboxylic acids is 1. The van der Waals surface area contributed by atoms with Crippen LogP contribution in [0.2, 0.25) is 5.15 Å². The first kappa shape index (κ1) is 11.4. The van der Waals surface area contributed by atoms with Crippen molar-refractivity contribution in [2.24, 2.45) is 0 Å². The van der Waals surface area contributed by atoms with Crippen LogP contribution in [0.15, 0.2) is 18.3 Å². The fraction of sp³-hybridized carbons (Fsp3) is 0.455. The van der Waals surface area contributed by atoms with Gasteiger partial charge in [-0.1, -0.05) is 11.6 Å². The number of hydrogen-bond donors (Lipinski definition) is 0. The average Bonchev–Trinajstić information content (AvgIpc) is 2.29. The van der Waals surface area contributed by atoms with E-state index >= 15 is 0 Å². The minimum atomic E-state index is -0.0757. The molecule has 0 aromatic carbocycles. The number of aromatic nitrogens is 1. The van der Waals surface area contributed by atoms with Gasteiger partial charge in [0.25, 0.3) is 5.91 Å². The van der Waals surface area contributed by atoms with Gasteiger partial charge in [-0.05, 0) is 19.1 Å². The molecule has 86 valence electrons. The van der Waals surface area contributed by atoms with E-state index in [1.54, 1.807) is 23.2 Å². The summed E-state index contributed by atoms with van der Waals surface area (Å²) in [7, 11) is 0. The molecule has 1 aromatic heterocycles. The molecule has 1 aromatic rings. The predicted molar refractivity (Wildman–Crippen MR) is 60.6 cm³/mol. The van der Waals surface area contributed by atoms with Crippen LogP contribution in [0.4, 0.5) is 0 Å². The molecule has 0 bridgehead atoms. The Labute approximate surface area is 99.2 Å². The van der Waals surface area contributed by atoms with Crippen LogP contribution in [0.5, 0.6) is 0 Å². The fourth-order valence-corrected chi connectivity index (χ4v) is 1.92. The highest BCUT2D eigenvalue weighted by molar-refractivity contribution is 6.32. The van der Waals surface area contributed by atoms with Gasteiger partial charge in [0, 0.05) is 19.3 Å². The first-order chi connectivity index (χ1) is 7.68. The van der Waals surface area contributed by atoms with E-state index in [4.69, 9.17) is 16.3 Å². The summed E-state index contributed by atoms with van der Waals surface area (Å²) in [6.45, 7) is 3.73. The highest BCUT2D eigenvalue weighted by Crippen LogP contribution is 2.16. The van der Waals surface area contributed by atoms with Gasteiger partial charge in [0.1, 0.15) is 5.15 Å². The maximum absolute atomic E-state index is 12.1. The minimum absolute atomic E-state index is 0.0757. The Balaban J connectivity index is 2.16. The second-order valence-electron chi connectivity index (χ2n) is 3.77. The van der Waals surface area contributed by atoms with E-state index in [0.29, 0.717) is 25.3 Å². The summed E-state index contributed by atoms with van der Waals surface area (Å²) in [6.07, 6.45) is 1.65. The molecular weight excluding hydrogens is 228 g/mol. The average molecular weight is 241 g/mol. The van der Waals surface area contributed by atoms with Crippen LogP contribution in [0, 0.1) is 0 Å². The van der Waals surface area contributed by atoms with Crippen molar-refractivity contribution in [3.63, 3.8) is 0 Å². The van der Waals surface area contributed by atoms with E-state index in [-0.39, 0.29) is 17.2 Å². The molecule has 1 aliphatic rings. The van der Waals surface area contributed by atoms with E-state index in [0.717, 1.165) is 0 Å². The van der Waals surface area contributed by atoms with Gasteiger partial charge in [0.2, 0.25) is 0 Å². The fourth-order valence-electron chi connectivity index (χ4n) is 1.72. The van der Waals surface area contributed by atoms with Gasteiger partial charge in [-0.3, -0.25) is 4.79 Å². The molecule has 0 radical (unpaired) electrons. The molecule has 2 heterocycles. The molecular formula is C11H13ClN2O2. The van der Waals surface area contributed by atoms with E-state index in [1.165, 1.54) is 0 Å². The van der Waals surface area contributed by atoms with Gasteiger partial charge in [0.15, 0.2) is 0 Å². The quantitative estimate of drug-likeness (QED) is 0.701. The van der Waals surface area contributed by atoms with Crippen LogP contribution < -0.4 is 0 Å². The number of halogens is 1. The van der Waals surface area contributed by atoms with Crippen molar-refractivity contribution < 1.29 is 9.53 Å². The number of morpholine rings is 1. The lowest BCUT2D eigenvalue weighted by atomic mass is 10.2. The third kappa shape index (κ3) is 2.33. The summed E-state index contributed by atoms with van der Waals surface area (Å²) in [6, 6.07) is 3.40. The van der Waals surface area contributed by atoms with Crippen LogP contribution in [-0.2, 0) is 4.74 Å². The van der Waals surface area contributed by atoms with Crippen LogP contribution >= 0.6 is 11.6 Å². The Hall–Kier alpha value is -1.13. The molecule has 0 spiro atoms. The number of ether oxygens (including phenoxy) is 1. The number of pyridine rings is 1. The molecule has 0 aliphatic carbocycles. The van der Waals surface area contributed by atoms with Crippen LogP contribution in [-0.4, -0.2) is 41.6 Å². The first-order valence-electron chi connectivity index (χ1n) is 5.20. The summed E-state index contributed by atoms with van der Waals surface area (Å²) in [5.41, 5.74) is 0.457. The lowest BCUT2D eigenvalue weighted by molar-refractivity contribution is -0.0124. The Bertz CT molecular complexity index is 397. The molecule has 1 amide bonds. The molecule has 16 heavy (non-hydrogen) atoms. The Morgan fingerprint density at radius 2 is 2.50 bits per heavy atom. The zero-order valence-electron chi connectivity index (χ0n) is 9.02. The SMILES string of the molecule is CC1CN(C(=O)c2cccnc2Cl)CCO1. The van der Waals surface area contributed by atoms with Crippen molar-refractivity contribution in [2.45, 2.75) is 13.0 Å². The smallest absolute Gasteiger partial charge is 0.257 e. The monoisotopic (exact) mass is 240 g/mol. The molecule has 1 unspecified atom stereocenters. The molecule has 2 rings (SSSR count). The topological polar surface area (TPSA) is 42.4 Å². The molecule has 5 heteroatoms. The molecule has 4 nitrogen and oxygen atoms in total. The zero-order valence-corrected chi connectivity index (χ0v) is 9.78. The first-order valence-corrected chi connectivity index (χ1v) is 5.57. The predicted octanol–water partition coefficient (Wildman–Crippen LogP) is 1.60. The van der Waals surface area contributed by atoms with Crippen molar-refractivity contribution >= 4 is 17.5 Å². The number of nitrogens with zero attached hydrogens (tertiary/aromatic N) is 2. The Morgan fingerprint density at radius 3 is 3.19 bits per heavy atom. The lowest BCUT2D eigenvalue weighted by Crippen LogP contribution is -2.44. The summed E-state index contributed by atoms with van der Waals surface area (Å²) in [5, 5.41) is 0.256. The van der Waals surface area contributed by atoms with Crippen LogP contribution in [0.3, 0.4) is 0 Å². The van der Waals surface area contributed by atoms with E-state index in [1.807, 2.05) is 6.92 Å². The maximum atomic E-state index is 12.1.